The molecule has 1 aromatic heterocycles. The van der Waals surface area contributed by atoms with Crippen LogP contribution in [0.4, 0.5) is 0 Å². The number of aliphatic carboxylic acids is 1. The zero-order valence-corrected chi connectivity index (χ0v) is 10.1. The maximum Gasteiger partial charge on any atom is 0.311 e. The van der Waals surface area contributed by atoms with E-state index in [1.165, 1.54) is 22.2 Å². The van der Waals surface area contributed by atoms with E-state index < -0.39 is 5.97 Å². The fourth-order valence-electron chi connectivity index (χ4n) is 3.77. The van der Waals surface area contributed by atoms with Gasteiger partial charge in [-0.2, -0.15) is 0 Å². The Bertz CT molecular complexity index is 669. The number of benzene rings is 1. The first-order chi connectivity index (χ1) is 8.77. The van der Waals surface area contributed by atoms with Gasteiger partial charge in [0.1, 0.15) is 0 Å². The van der Waals surface area contributed by atoms with Gasteiger partial charge in [0.05, 0.1) is 11.4 Å². The summed E-state index contributed by atoms with van der Waals surface area (Å²) in [7, 11) is 0. The molecule has 0 saturated heterocycles. The second-order valence-electron chi connectivity index (χ2n) is 5.36. The standard InChI is InChI=1S/C15H15NO2/c17-15(18)11-5-2-6-12-13(11)10-4-1-3-9-7-8-16(12)14(9)10/h1,3-4,11H,2,5-8H2,(H,17,18). The van der Waals surface area contributed by atoms with Crippen LogP contribution in [-0.2, 0) is 24.2 Å². The van der Waals surface area contributed by atoms with Crippen molar-refractivity contribution in [2.24, 2.45) is 0 Å². The first kappa shape index (κ1) is 10.2. The number of aromatic nitrogens is 1. The van der Waals surface area contributed by atoms with Crippen molar-refractivity contribution in [2.75, 3.05) is 0 Å². The maximum absolute atomic E-state index is 11.5. The number of carboxylic acid groups (broad SMARTS) is 1. The van der Waals surface area contributed by atoms with Crippen LogP contribution in [-0.4, -0.2) is 15.6 Å². The molecule has 2 heterocycles. The minimum atomic E-state index is -0.666. The zero-order valence-electron chi connectivity index (χ0n) is 10.1. The number of aryl methyl sites for hydroxylation is 2. The van der Waals surface area contributed by atoms with E-state index in [4.69, 9.17) is 0 Å². The van der Waals surface area contributed by atoms with E-state index in [1.54, 1.807) is 0 Å². The molecular formula is C15H15NO2. The van der Waals surface area contributed by atoms with Gasteiger partial charge < -0.3 is 9.67 Å². The molecule has 0 spiro atoms. The van der Waals surface area contributed by atoms with E-state index in [9.17, 15) is 9.90 Å². The average molecular weight is 241 g/mol. The SMILES string of the molecule is O=C(O)C1CCCc2c1c1cccc3c1n2CC3. The van der Waals surface area contributed by atoms with Gasteiger partial charge in [0.25, 0.3) is 0 Å². The number of hydrogen-bond acceptors (Lipinski definition) is 1. The third-order valence-corrected chi connectivity index (χ3v) is 4.47. The lowest BCUT2D eigenvalue weighted by molar-refractivity contribution is -0.139. The van der Waals surface area contributed by atoms with Gasteiger partial charge in [0, 0.05) is 17.6 Å². The molecule has 1 N–H and O–H groups in total. The summed E-state index contributed by atoms with van der Waals surface area (Å²) in [6.45, 7) is 1.03. The molecule has 1 aliphatic heterocycles. The summed E-state index contributed by atoms with van der Waals surface area (Å²) in [5.74, 6) is -0.966. The van der Waals surface area contributed by atoms with Crippen LogP contribution in [0.15, 0.2) is 18.2 Å². The van der Waals surface area contributed by atoms with Gasteiger partial charge in [-0.05, 0) is 36.8 Å². The molecule has 0 amide bonds. The number of rotatable bonds is 1. The molecule has 1 aromatic carbocycles. The molecular weight excluding hydrogens is 226 g/mol. The molecule has 0 radical (unpaired) electrons. The Balaban J connectivity index is 2.10. The van der Waals surface area contributed by atoms with E-state index in [2.05, 4.69) is 22.8 Å². The van der Waals surface area contributed by atoms with E-state index in [1.807, 2.05) is 0 Å². The summed E-state index contributed by atoms with van der Waals surface area (Å²) < 4.78 is 2.37. The molecule has 4 rings (SSSR count). The van der Waals surface area contributed by atoms with Crippen molar-refractivity contribution in [3.05, 3.63) is 35.0 Å². The molecule has 1 atom stereocenters. The Morgan fingerprint density at radius 1 is 1.33 bits per heavy atom. The summed E-state index contributed by atoms with van der Waals surface area (Å²) in [5, 5.41) is 10.6. The van der Waals surface area contributed by atoms with Crippen LogP contribution < -0.4 is 0 Å². The average Bonchev–Trinajstić information content (AvgIpc) is 2.94. The molecule has 2 aliphatic rings. The number of fused-ring (bicyclic) bond motifs is 3. The van der Waals surface area contributed by atoms with E-state index >= 15 is 0 Å². The van der Waals surface area contributed by atoms with E-state index in [0.717, 1.165) is 37.8 Å². The van der Waals surface area contributed by atoms with Crippen LogP contribution in [0.2, 0.25) is 0 Å². The van der Waals surface area contributed by atoms with Gasteiger partial charge >= 0.3 is 5.97 Å². The van der Waals surface area contributed by atoms with Crippen molar-refractivity contribution >= 4 is 16.9 Å². The Kier molecular flexibility index (Phi) is 1.91. The summed E-state index contributed by atoms with van der Waals surface area (Å²) in [4.78, 5) is 11.5. The predicted molar refractivity (Wildman–Crippen MR) is 69.0 cm³/mol. The van der Waals surface area contributed by atoms with Gasteiger partial charge in [0.15, 0.2) is 0 Å². The highest BCUT2D eigenvalue weighted by Crippen LogP contribution is 2.42. The molecule has 0 fully saturated rings. The predicted octanol–water partition coefficient (Wildman–Crippen LogP) is 2.70. The molecule has 2 aromatic rings. The molecule has 92 valence electrons. The summed E-state index contributed by atoms with van der Waals surface area (Å²) >= 11 is 0. The highest BCUT2D eigenvalue weighted by Gasteiger charge is 2.33. The van der Waals surface area contributed by atoms with Crippen LogP contribution in [0.3, 0.4) is 0 Å². The second-order valence-corrected chi connectivity index (χ2v) is 5.36. The number of para-hydroxylation sites is 1. The molecule has 3 heteroatoms. The van der Waals surface area contributed by atoms with Gasteiger partial charge in [-0.1, -0.05) is 18.2 Å². The van der Waals surface area contributed by atoms with Crippen molar-refractivity contribution in [3.63, 3.8) is 0 Å². The highest BCUT2D eigenvalue weighted by atomic mass is 16.4. The van der Waals surface area contributed by atoms with Gasteiger partial charge in [-0.3, -0.25) is 4.79 Å². The lowest BCUT2D eigenvalue weighted by Gasteiger charge is -2.21. The van der Waals surface area contributed by atoms with Gasteiger partial charge in [-0.25, -0.2) is 0 Å². The highest BCUT2D eigenvalue weighted by molar-refractivity contribution is 5.94. The lowest BCUT2D eigenvalue weighted by atomic mass is 9.84. The maximum atomic E-state index is 11.5. The molecule has 1 aliphatic carbocycles. The monoisotopic (exact) mass is 241 g/mol. The van der Waals surface area contributed by atoms with E-state index in [-0.39, 0.29) is 5.92 Å². The Morgan fingerprint density at radius 2 is 2.22 bits per heavy atom. The fourth-order valence-corrected chi connectivity index (χ4v) is 3.77. The van der Waals surface area contributed by atoms with E-state index in [0.29, 0.717) is 0 Å². The smallest absolute Gasteiger partial charge is 0.311 e. The van der Waals surface area contributed by atoms with Crippen molar-refractivity contribution in [1.82, 2.24) is 4.57 Å². The number of carbonyl (C=O) groups is 1. The second kappa shape index (κ2) is 3.37. The summed E-state index contributed by atoms with van der Waals surface area (Å²) in [6, 6.07) is 6.34. The largest absolute Gasteiger partial charge is 0.481 e. The number of nitrogens with zero attached hydrogens (tertiary/aromatic N) is 1. The quantitative estimate of drug-likeness (QED) is 0.834. The first-order valence-electron chi connectivity index (χ1n) is 6.63. The molecule has 1 unspecified atom stereocenters. The van der Waals surface area contributed by atoms with Gasteiger partial charge in [0.2, 0.25) is 0 Å². The molecule has 0 bridgehead atoms. The van der Waals surface area contributed by atoms with Crippen molar-refractivity contribution < 1.29 is 9.90 Å². The third-order valence-electron chi connectivity index (χ3n) is 4.47. The zero-order chi connectivity index (χ0) is 12.3. The van der Waals surface area contributed by atoms with Crippen LogP contribution in [0.5, 0.6) is 0 Å². The van der Waals surface area contributed by atoms with Crippen LogP contribution in [0.1, 0.15) is 35.6 Å². The third kappa shape index (κ3) is 1.12. The van der Waals surface area contributed by atoms with Crippen molar-refractivity contribution in [3.8, 4) is 0 Å². The molecule has 0 saturated carbocycles. The number of carboxylic acids is 1. The lowest BCUT2D eigenvalue weighted by Crippen LogP contribution is -2.18. The number of hydrogen-bond donors (Lipinski definition) is 1. The van der Waals surface area contributed by atoms with Crippen molar-refractivity contribution in [2.45, 2.75) is 38.1 Å². The molecule has 3 nitrogen and oxygen atoms in total. The summed E-state index contributed by atoms with van der Waals surface area (Å²) in [6.07, 6.45) is 3.91. The van der Waals surface area contributed by atoms with Crippen LogP contribution in [0.25, 0.3) is 10.9 Å². The molecule has 18 heavy (non-hydrogen) atoms. The first-order valence-corrected chi connectivity index (χ1v) is 6.63. The van der Waals surface area contributed by atoms with Crippen molar-refractivity contribution in [1.29, 1.82) is 0 Å². The summed E-state index contributed by atoms with van der Waals surface area (Å²) in [5.41, 5.74) is 5.07. The minimum absolute atomic E-state index is 0.300. The minimum Gasteiger partial charge on any atom is -0.481 e. The Hall–Kier alpha value is -1.77. The van der Waals surface area contributed by atoms with Crippen LogP contribution >= 0.6 is 0 Å². The topological polar surface area (TPSA) is 42.2 Å². The van der Waals surface area contributed by atoms with Crippen LogP contribution in [0, 0.1) is 0 Å². The van der Waals surface area contributed by atoms with Gasteiger partial charge in [-0.15, -0.1) is 0 Å². The Morgan fingerprint density at radius 3 is 3.06 bits per heavy atom. The fraction of sp³-hybridized carbons (Fsp3) is 0.400. The normalized spacial score (nSPS) is 21.2. The Labute approximate surface area is 105 Å².